The van der Waals surface area contributed by atoms with Gasteiger partial charge in [0.1, 0.15) is 8.42 Å². The third-order valence-corrected chi connectivity index (χ3v) is 13.1. The Morgan fingerprint density at radius 3 is 1.68 bits per heavy atom. The monoisotopic (exact) mass is 654 g/mol. The fraction of sp³-hybridized carbons (Fsp3) is 0.115. The number of hydrogen-bond acceptors (Lipinski definition) is 8. The van der Waals surface area contributed by atoms with Crippen molar-refractivity contribution in [2.75, 3.05) is 16.6 Å². The molecule has 208 valence electrons. The molecule has 0 atom stereocenters. The number of esters is 1. The van der Waals surface area contributed by atoms with Crippen molar-refractivity contribution in [1.29, 1.82) is 0 Å². The lowest BCUT2D eigenvalue weighted by atomic mass is 10.2. The van der Waals surface area contributed by atoms with Crippen LogP contribution in [0.4, 0.5) is 11.4 Å². The number of aryl methyl sites for hydroxylation is 2. The van der Waals surface area contributed by atoms with E-state index in [4.69, 9.17) is 27.9 Å². The molecule has 5 rings (SSSR count). The Morgan fingerprint density at radius 2 is 1.20 bits per heavy atom. The molecule has 2 heterocycles. The van der Waals surface area contributed by atoms with E-state index in [-0.39, 0.29) is 25.4 Å². The molecule has 0 saturated carbocycles. The van der Waals surface area contributed by atoms with Gasteiger partial charge in [-0.1, -0.05) is 23.2 Å². The van der Waals surface area contributed by atoms with E-state index in [1.165, 1.54) is 25.3 Å². The number of fused-ring (bicyclic) bond motifs is 2. The second-order valence-corrected chi connectivity index (χ2v) is 15.5. The fourth-order valence-corrected chi connectivity index (χ4v) is 10.2. The average molecular weight is 656 g/mol. The van der Waals surface area contributed by atoms with Crippen LogP contribution in [0.5, 0.6) is 0 Å². The molecule has 0 spiro atoms. The van der Waals surface area contributed by atoms with Gasteiger partial charge in [0.2, 0.25) is 0 Å². The normalized spacial score (nSPS) is 12.1. The summed E-state index contributed by atoms with van der Waals surface area (Å²) >= 11 is 14.3. The number of ether oxygens (including phenoxy) is 1. The molecule has 3 aromatic carbocycles. The Hall–Kier alpha value is -2.87. The second kappa shape index (κ2) is 10.5. The van der Waals surface area contributed by atoms with Gasteiger partial charge in [-0.05, 0) is 90.3 Å². The van der Waals surface area contributed by atoms with Crippen LogP contribution in [0.15, 0.2) is 63.0 Å². The maximum atomic E-state index is 13.6. The first-order valence-corrected chi connectivity index (χ1v) is 16.8. The van der Waals surface area contributed by atoms with Gasteiger partial charge in [-0.3, -0.25) is 9.44 Å². The number of methoxy groups -OCH3 is 1. The van der Waals surface area contributed by atoms with Crippen molar-refractivity contribution in [3.05, 3.63) is 81.3 Å². The van der Waals surface area contributed by atoms with E-state index >= 15 is 0 Å². The molecule has 0 bridgehead atoms. The highest BCUT2D eigenvalue weighted by atomic mass is 35.5. The predicted molar refractivity (Wildman–Crippen MR) is 163 cm³/mol. The van der Waals surface area contributed by atoms with Crippen molar-refractivity contribution in [3.63, 3.8) is 0 Å². The summed E-state index contributed by atoms with van der Waals surface area (Å²) in [6.07, 6.45) is 0. The van der Waals surface area contributed by atoms with Gasteiger partial charge < -0.3 is 4.74 Å². The van der Waals surface area contributed by atoms with Crippen LogP contribution >= 0.6 is 45.9 Å². The van der Waals surface area contributed by atoms with Gasteiger partial charge in [-0.15, -0.1) is 22.7 Å². The largest absolute Gasteiger partial charge is 0.465 e. The number of thiophene rings is 2. The Labute approximate surface area is 248 Å². The highest BCUT2D eigenvalue weighted by Crippen LogP contribution is 2.39. The van der Waals surface area contributed by atoms with Crippen LogP contribution in [-0.2, 0) is 24.8 Å². The SMILES string of the molecule is COC(=O)c1ccc(NS(=O)(=O)c2sc3ccc(Cl)cc3c2C)c(NS(=O)(=O)c2sc3ccc(Cl)cc3c2C)c1. The molecular weight excluding hydrogens is 635 g/mol. The number of nitrogens with one attached hydrogen (secondary N) is 2. The second-order valence-electron chi connectivity index (χ2n) is 8.77. The number of benzene rings is 3. The first-order valence-electron chi connectivity index (χ1n) is 11.5. The molecule has 0 aliphatic heterocycles. The summed E-state index contributed by atoms with van der Waals surface area (Å²) in [4.78, 5) is 12.2. The fourth-order valence-electron chi connectivity index (χ4n) is 4.20. The lowest BCUT2D eigenvalue weighted by Crippen LogP contribution is -2.18. The number of sulfonamides is 2. The highest BCUT2D eigenvalue weighted by molar-refractivity contribution is 7.95. The number of hydrogen-bond donors (Lipinski definition) is 2. The molecule has 2 aromatic heterocycles. The van der Waals surface area contributed by atoms with E-state index in [0.29, 0.717) is 36.6 Å². The number of anilines is 2. The van der Waals surface area contributed by atoms with Crippen LogP contribution in [0.3, 0.4) is 0 Å². The first-order chi connectivity index (χ1) is 18.8. The lowest BCUT2D eigenvalue weighted by Gasteiger charge is -2.15. The first kappa shape index (κ1) is 28.7. The van der Waals surface area contributed by atoms with Gasteiger partial charge in [-0.2, -0.15) is 0 Å². The number of carbonyl (C=O) groups excluding carboxylic acids is 1. The molecule has 0 unspecified atom stereocenters. The molecule has 5 aromatic rings. The van der Waals surface area contributed by atoms with Gasteiger partial charge in [0.05, 0.1) is 24.0 Å². The molecule has 40 heavy (non-hydrogen) atoms. The van der Waals surface area contributed by atoms with Crippen LogP contribution in [0.25, 0.3) is 20.2 Å². The van der Waals surface area contributed by atoms with Crippen LogP contribution in [0.2, 0.25) is 10.0 Å². The minimum Gasteiger partial charge on any atom is -0.465 e. The van der Waals surface area contributed by atoms with Crippen LogP contribution in [0.1, 0.15) is 21.5 Å². The summed E-state index contributed by atoms with van der Waals surface area (Å²) in [6.45, 7) is 3.33. The average Bonchev–Trinajstić information content (AvgIpc) is 3.41. The van der Waals surface area contributed by atoms with Gasteiger partial charge in [0, 0.05) is 19.4 Å². The van der Waals surface area contributed by atoms with E-state index in [0.717, 1.165) is 27.4 Å². The summed E-state index contributed by atoms with van der Waals surface area (Å²) in [5.74, 6) is -0.722. The molecule has 0 saturated heterocycles. The summed E-state index contributed by atoms with van der Waals surface area (Å²) in [6, 6.07) is 14.0. The molecule has 0 aliphatic rings. The van der Waals surface area contributed by atoms with Gasteiger partial charge >= 0.3 is 5.97 Å². The van der Waals surface area contributed by atoms with E-state index in [2.05, 4.69) is 9.44 Å². The zero-order chi connectivity index (χ0) is 29.0. The number of carbonyl (C=O) groups is 1. The van der Waals surface area contributed by atoms with Crippen LogP contribution < -0.4 is 9.44 Å². The maximum absolute atomic E-state index is 13.6. The molecule has 0 aliphatic carbocycles. The Balaban J connectivity index is 1.58. The van der Waals surface area contributed by atoms with Crippen molar-refractivity contribution in [1.82, 2.24) is 0 Å². The Morgan fingerprint density at radius 1 is 0.725 bits per heavy atom. The van der Waals surface area contributed by atoms with Gasteiger partial charge in [-0.25, -0.2) is 21.6 Å². The molecule has 0 amide bonds. The molecular formula is C26H20Cl2N2O6S4. The molecule has 14 heteroatoms. The van der Waals surface area contributed by atoms with E-state index in [1.54, 1.807) is 50.2 Å². The van der Waals surface area contributed by atoms with Crippen LogP contribution in [0, 0.1) is 13.8 Å². The van der Waals surface area contributed by atoms with Crippen molar-refractivity contribution < 1.29 is 26.4 Å². The minimum absolute atomic E-state index is 0.0238. The van der Waals surface area contributed by atoms with Crippen LogP contribution in [-0.4, -0.2) is 29.9 Å². The Kier molecular flexibility index (Phi) is 7.53. The van der Waals surface area contributed by atoms with Gasteiger partial charge in [0.25, 0.3) is 20.0 Å². The molecule has 2 N–H and O–H groups in total. The zero-order valence-electron chi connectivity index (χ0n) is 21.0. The van der Waals surface area contributed by atoms with E-state index in [1.807, 2.05) is 0 Å². The maximum Gasteiger partial charge on any atom is 0.337 e. The van der Waals surface area contributed by atoms with E-state index in [9.17, 15) is 21.6 Å². The standard InChI is InChI=1S/C26H20Cl2N2O6S4/c1-13-18-11-16(27)5-8-22(18)37-25(13)39(32,33)29-20-7-4-15(24(31)36-3)10-21(20)30-40(34,35)26-14(2)19-12-17(28)6-9-23(19)38-26/h4-12,29-30H,1-3H3. The smallest absolute Gasteiger partial charge is 0.337 e. The third kappa shape index (κ3) is 5.27. The minimum atomic E-state index is -4.22. The molecule has 8 nitrogen and oxygen atoms in total. The third-order valence-electron chi connectivity index (χ3n) is 6.13. The van der Waals surface area contributed by atoms with Crippen molar-refractivity contribution >= 4 is 103 Å². The highest BCUT2D eigenvalue weighted by Gasteiger charge is 2.27. The lowest BCUT2D eigenvalue weighted by molar-refractivity contribution is 0.0600. The van der Waals surface area contributed by atoms with Crippen molar-refractivity contribution in [2.45, 2.75) is 22.3 Å². The molecule has 0 radical (unpaired) electrons. The van der Waals surface area contributed by atoms with Crippen molar-refractivity contribution in [3.8, 4) is 0 Å². The quantitative estimate of drug-likeness (QED) is 0.176. The van der Waals surface area contributed by atoms with E-state index < -0.39 is 26.0 Å². The Bertz CT molecular complexity index is 2050. The number of rotatable bonds is 7. The van der Waals surface area contributed by atoms with Gasteiger partial charge in [0.15, 0.2) is 0 Å². The topological polar surface area (TPSA) is 119 Å². The summed E-state index contributed by atoms with van der Waals surface area (Å²) in [5.41, 5.74) is 0.787. The van der Waals surface area contributed by atoms with Crippen molar-refractivity contribution in [2.24, 2.45) is 0 Å². The zero-order valence-corrected chi connectivity index (χ0v) is 25.8. The predicted octanol–water partition coefficient (Wildman–Crippen LogP) is 7.43. The summed E-state index contributed by atoms with van der Waals surface area (Å²) in [7, 11) is -7.20. The number of halogens is 2. The summed E-state index contributed by atoms with van der Waals surface area (Å²) in [5, 5.41) is 2.31. The summed E-state index contributed by atoms with van der Waals surface area (Å²) < 4.78 is 65.5. The molecule has 0 fully saturated rings.